The van der Waals surface area contributed by atoms with Gasteiger partial charge in [-0.25, -0.2) is 4.79 Å². The van der Waals surface area contributed by atoms with Crippen LogP contribution in [-0.2, 0) is 4.79 Å². The number of benzene rings is 1. The molecule has 0 aliphatic carbocycles. The number of halogens is 1. The molecule has 1 aliphatic heterocycles. The van der Waals surface area contributed by atoms with Crippen molar-refractivity contribution in [2.45, 2.75) is 32.4 Å². The van der Waals surface area contributed by atoms with E-state index in [1.54, 1.807) is 46.0 Å². The Hall–Kier alpha value is -1.95. The van der Waals surface area contributed by atoms with Gasteiger partial charge in [0.2, 0.25) is 0 Å². The van der Waals surface area contributed by atoms with Crippen LogP contribution in [0.4, 0.5) is 10.5 Å². The summed E-state index contributed by atoms with van der Waals surface area (Å²) < 4.78 is 5.66. The van der Waals surface area contributed by atoms with Crippen molar-refractivity contribution in [1.82, 2.24) is 4.90 Å². The van der Waals surface area contributed by atoms with Crippen LogP contribution in [0.2, 0.25) is 5.02 Å². The van der Waals surface area contributed by atoms with Crippen molar-refractivity contribution in [3.63, 3.8) is 0 Å². The molecule has 0 radical (unpaired) electrons. The van der Waals surface area contributed by atoms with Gasteiger partial charge < -0.3 is 14.7 Å². The number of hydrogen-bond donors (Lipinski definition) is 1. The molecule has 0 spiro atoms. The van der Waals surface area contributed by atoms with Crippen molar-refractivity contribution >= 4 is 29.3 Å². The molecule has 0 bridgehead atoms. The lowest BCUT2D eigenvalue weighted by Crippen LogP contribution is -2.58. The summed E-state index contributed by atoms with van der Waals surface area (Å²) in [5, 5.41) is 9.89. The van der Waals surface area contributed by atoms with E-state index in [0.717, 1.165) is 4.90 Å². The van der Waals surface area contributed by atoms with Gasteiger partial charge in [0.25, 0.3) is 5.91 Å². The molecule has 1 heterocycles. The van der Waals surface area contributed by atoms with Gasteiger partial charge in [0.05, 0.1) is 10.7 Å². The van der Waals surface area contributed by atoms with Crippen LogP contribution in [0, 0.1) is 0 Å². The molecule has 0 aromatic heterocycles. The summed E-state index contributed by atoms with van der Waals surface area (Å²) in [5.74, 6) is 0.0418. The van der Waals surface area contributed by atoms with Gasteiger partial charge in [-0.3, -0.25) is 9.69 Å². The summed E-state index contributed by atoms with van der Waals surface area (Å²) in [4.78, 5) is 26.8. The largest absolute Gasteiger partial charge is 0.487 e. The molecule has 2 rings (SSSR count). The molecule has 0 fully saturated rings. The Kier molecular flexibility index (Phi) is 4.24. The summed E-state index contributed by atoms with van der Waals surface area (Å²) in [7, 11) is 1.59. The maximum Gasteiger partial charge on any atom is 0.408 e. The normalized spacial score (nSPS) is 18.3. The third-order valence-electron chi connectivity index (χ3n) is 3.55. The Balaban J connectivity index is 2.45. The van der Waals surface area contributed by atoms with Crippen LogP contribution in [0.5, 0.6) is 5.75 Å². The highest BCUT2D eigenvalue weighted by molar-refractivity contribution is 6.32. The Morgan fingerprint density at radius 3 is 2.64 bits per heavy atom. The number of nitrogens with zero attached hydrogens (tertiary/aromatic N) is 2. The van der Waals surface area contributed by atoms with Gasteiger partial charge in [0.1, 0.15) is 12.6 Å². The highest BCUT2D eigenvalue weighted by Crippen LogP contribution is 2.38. The number of anilines is 1. The average molecular weight is 327 g/mol. The van der Waals surface area contributed by atoms with E-state index in [2.05, 4.69) is 0 Å². The quantitative estimate of drug-likeness (QED) is 0.861. The standard InChI is InChI=1S/C15H19ClN2O4/c1-15(2,3)18(14(20)21)11-8-22-12-9(16)6-5-7-10(12)17(4)13(11)19/h5-7,11H,8H2,1-4H3,(H,20,21)/t11-/m0/s1. The Bertz CT molecular complexity index is 612. The predicted octanol–water partition coefficient (Wildman–Crippen LogP) is 2.84. The molecule has 22 heavy (non-hydrogen) atoms. The number of rotatable bonds is 1. The van der Waals surface area contributed by atoms with E-state index >= 15 is 0 Å². The predicted molar refractivity (Wildman–Crippen MR) is 83.8 cm³/mol. The van der Waals surface area contributed by atoms with Crippen LogP contribution < -0.4 is 9.64 Å². The van der Waals surface area contributed by atoms with Crippen molar-refractivity contribution in [2.75, 3.05) is 18.6 Å². The van der Waals surface area contributed by atoms with Gasteiger partial charge in [0, 0.05) is 12.6 Å². The average Bonchev–Trinajstić information content (AvgIpc) is 2.51. The van der Waals surface area contributed by atoms with E-state index in [0.29, 0.717) is 16.5 Å². The fraction of sp³-hybridized carbons (Fsp3) is 0.467. The van der Waals surface area contributed by atoms with E-state index in [4.69, 9.17) is 16.3 Å². The molecule has 6 nitrogen and oxygen atoms in total. The lowest BCUT2D eigenvalue weighted by atomic mass is 10.0. The van der Waals surface area contributed by atoms with Crippen LogP contribution in [-0.4, -0.2) is 47.2 Å². The summed E-state index contributed by atoms with van der Waals surface area (Å²) >= 11 is 6.11. The van der Waals surface area contributed by atoms with Crippen molar-refractivity contribution in [3.05, 3.63) is 23.2 Å². The van der Waals surface area contributed by atoms with Gasteiger partial charge >= 0.3 is 6.09 Å². The minimum atomic E-state index is -1.17. The van der Waals surface area contributed by atoms with Crippen molar-refractivity contribution in [3.8, 4) is 5.75 Å². The molecule has 120 valence electrons. The third-order valence-corrected chi connectivity index (χ3v) is 3.85. The first kappa shape index (κ1) is 16.4. The minimum absolute atomic E-state index is 0.0799. The first-order valence-electron chi connectivity index (χ1n) is 6.85. The van der Waals surface area contributed by atoms with Crippen LogP contribution >= 0.6 is 11.6 Å². The maximum absolute atomic E-state index is 12.7. The Morgan fingerprint density at radius 2 is 2.09 bits per heavy atom. The molecular weight excluding hydrogens is 308 g/mol. The number of amides is 2. The van der Waals surface area contributed by atoms with Crippen LogP contribution in [0.15, 0.2) is 18.2 Å². The monoisotopic (exact) mass is 326 g/mol. The van der Waals surface area contributed by atoms with E-state index in [-0.39, 0.29) is 12.5 Å². The number of hydrogen-bond acceptors (Lipinski definition) is 3. The highest BCUT2D eigenvalue weighted by Gasteiger charge is 2.41. The fourth-order valence-electron chi connectivity index (χ4n) is 2.55. The number of para-hydroxylation sites is 1. The number of likely N-dealkylation sites (N-methyl/N-ethyl adjacent to an activating group) is 1. The summed E-state index contributed by atoms with van der Waals surface area (Å²) in [6.45, 7) is 5.13. The third kappa shape index (κ3) is 2.83. The van der Waals surface area contributed by atoms with Crippen molar-refractivity contribution in [1.29, 1.82) is 0 Å². The molecule has 0 saturated heterocycles. The first-order valence-corrected chi connectivity index (χ1v) is 7.23. The molecule has 0 saturated carbocycles. The molecular formula is C15H19ClN2O4. The van der Waals surface area contributed by atoms with Crippen LogP contribution in [0.3, 0.4) is 0 Å². The second kappa shape index (κ2) is 5.68. The summed E-state index contributed by atoms with van der Waals surface area (Å²) in [5.41, 5.74) is -0.212. The first-order chi connectivity index (χ1) is 10.1. The second-order valence-corrected chi connectivity index (χ2v) is 6.54. The summed E-state index contributed by atoms with van der Waals surface area (Å²) in [6, 6.07) is 4.15. The molecule has 0 unspecified atom stereocenters. The Morgan fingerprint density at radius 1 is 1.45 bits per heavy atom. The lowest BCUT2D eigenvalue weighted by molar-refractivity contribution is -0.125. The topological polar surface area (TPSA) is 70.1 Å². The Labute approximate surface area is 134 Å². The molecule has 1 aromatic carbocycles. The van der Waals surface area contributed by atoms with E-state index in [9.17, 15) is 14.7 Å². The molecule has 1 atom stereocenters. The highest BCUT2D eigenvalue weighted by atomic mass is 35.5. The minimum Gasteiger partial charge on any atom is -0.487 e. The van der Waals surface area contributed by atoms with Crippen LogP contribution in [0.1, 0.15) is 20.8 Å². The molecule has 7 heteroatoms. The number of carbonyl (C=O) groups excluding carboxylic acids is 1. The van der Waals surface area contributed by atoms with E-state index < -0.39 is 17.7 Å². The number of ether oxygens (including phenoxy) is 1. The second-order valence-electron chi connectivity index (χ2n) is 6.14. The lowest BCUT2D eigenvalue weighted by Gasteiger charge is -2.38. The zero-order valence-electron chi connectivity index (χ0n) is 13.0. The van der Waals surface area contributed by atoms with Gasteiger partial charge in [-0.15, -0.1) is 0 Å². The molecule has 1 aliphatic rings. The van der Waals surface area contributed by atoms with Gasteiger partial charge in [-0.2, -0.15) is 0 Å². The van der Waals surface area contributed by atoms with E-state index in [1.807, 2.05) is 0 Å². The van der Waals surface area contributed by atoms with Gasteiger partial charge in [-0.1, -0.05) is 17.7 Å². The van der Waals surface area contributed by atoms with E-state index in [1.165, 1.54) is 4.90 Å². The van der Waals surface area contributed by atoms with Crippen molar-refractivity contribution in [2.24, 2.45) is 0 Å². The SMILES string of the molecule is CN1C(=O)[C@@H](N(C(=O)O)C(C)(C)C)COc2c(Cl)cccc21. The zero-order chi connectivity index (χ0) is 16.7. The fourth-order valence-corrected chi connectivity index (χ4v) is 2.78. The summed E-state index contributed by atoms with van der Waals surface area (Å²) in [6.07, 6.45) is -1.17. The number of carboxylic acid groups (broad SMARTS) is 1. The van der Waals surface area contributed by atoms with Crippen molar-refractivity contribution < 1.29 is 19.4 Å². The smallest absolute Gasteiger partial charge is 0.408 e. The molecule has 2 amide bonds. The molecule has 1 N–H and O–H groups in total. The molecule has 1 aromatic rings. The number of fused-ring (bicyclic) bond motifs is 1. The van der Waals surface area contributed by atoms with Gasteiger partial charge in [-0.05, 0) is 32.9 Å². The maximum atomic E-state index is 12.7. The van der Waals surface area contributed by atoms with Gasteiger partial charge in [0.15, 0.2) is 5.75 Å². The van der Waals surface area contributed by atoms with Crippen LogP contribution in [0.25, 0.3) is 0 Å². The zero-order valence-corrected chi connectivity index (χ0v) is 13.7. The number of carbonyl (C=O) groups is 2.